The van der Waals surface area contributed by atoms with Crippen molar-refractivity contribution < 1.29 is 17.9 Å². The zero-order valence-corrected chi connectivity index (χ0v) is 18.0. The van der Waals surface area contributed by atoms with Gasteiger partial charge < -0.3 is 20.1 Å². The zero-order valence-electron chi connectivity index (χ0n) is 17.2. The monoisotopic (exact) mass is 416 g/mol. The van der Waals surface area contributed by atoms with Crippen LogP contribution in [0.3, 0.4) is 0 Å². The molecule has 8 nitrogen and oxygen atoms in total. The molecule has 0 amide bonds. The van der Waals surface area contributed by atoms with Crippen LogP contribution in [-0.2, 0) is 19.5 Å². The maximum absolute atomic E-state index is 12.2. The third kappa shape index (κ3) is 5.17. The second-order valence-electron chi connectivity index (χ2n) is 8.12. The van der Waals surface area contributed by atoms with Crippen molar-refractivity contribution in [2.75, 3.05) is 39.1 Å². The molecule has 1 heterocycles. The van der Waals surface area contributed by atoms with Crippen LogP contribution in [0.25, 0.3) is 0 Å². The van der Waals surface area contributed by atoms with Gasteiger partial charge >= 0.3 is 0 Å². The van der Waals surface area contributed by atoms with Gasteiger partial charge in [0.1, 0.15) is 0 Å². The van der Waals surface area contributed by atoms with Gasteiger partial charge in [0.15, 0.2) is 5.96 Å². The van der Waals surface area contributed by atoms with Crippen LogP contribution in [0.2, 0.25) is 0 Å². The van der Waals surface area contributed by atoms with Crippen molar-refractivity contribution in [3.63, 3.8) is 0 Å². The normalized spacial score (nSPS) is 29.8. The number of nitrogens with zero attached hydrogens (tertiary/aromatic N) is 1. The Bertz CT molecular complexity index is 630. The predicted molar refractivity (Wildman–Crippen MR) is 110 cm³/mol. The number of aliphatic imine (C=N–C) groups is 1. The lowest BCUT2D eigenvalue weighted by atomic mass is 9.51. The van der Waals surface area contributed by atoms with Gasteiger partial charge in [0.2, 0.25) is 10.0 Å². The molecule has 3 rings (SSSR count). The summed E-state index contributed by atoms with van der Waals surface area (Å²) in [4.78, 5) is 4.26. The molecule has 3 unspecified atom stereocenters. The quantitative estimate of drug-likeness (QED) is 0.383. The van der Waals surface area contributed by atoms with Gasteiger partial charge in [0.25, 0.3) is 0 Å². The molecule has 3 N–H and O–H groups in total. The molecule has 162 valence electrons. The molecule has 1 saturated heterocycles. The van der Waals surface area contributed by atoms with E-state index < -0.39 is 10.0 Å². The van der Waals surface area contributed by atoms with Gasteiger partial charge in [-0.2, -0.15) is 0 Å². The summed E-state index contributed by atoms with van der Waals surface area (Å²) in [5.74, 6) is 0.676. The fourth-order valence-corrected chi connectivity index (χ4v) is 5.52. The summed E-state index contributed by atoms with van der Waals surface area (Å²) in [5, 5.41) is 6.62. The highest BCUT2D eigenvalue weighted by molar-refractivity contribution is 7.89. The first kappa shape index (κ1) is 21.8. The van der Waals surface area contributed by atoms with Crippen LogP contribution in [-0.4, -0.2) is 71.7 Å². The Balaban J connectivity index is 1.38. The molecule has 0 bridgehead atoms. The maximum atomic E-state index is 12.2. The fraction of sp³-hybridized carbons (Fsp3) is 0.947. The molecule has 0 radical (unpaired) electrons. The second-order valence-corrected chi connectivity index (χ2v) is 10.0. The van der Waals surface area contributed by atoms with E-state index >= 15 is 0 Å². The van der Waals surface area contributed by atoms with Crippen LogP contribution in [0.1, 0.15) is 51.9 Å². The van der Waals surface area contributed by atoms with Crippen molar-refractivity contribution in [1.82, 2.24) is 15.4 Å². The van der Waals surface area contributed by atoms with E-state index in [0.29, 0.717) is 31.2 Å². The highest BCUT2D eigenvalue weighted by Gasteiger charge is 2.59. The first-order chi connectivity index (χ1) is 13.5. The summed E-state index contributed by atoms with van der Waals surface area (Å²) in [6, 6.07) is 0.349. The van der Waals surface area contributed by atoms with Gasteiger partial charge in [-0.15, -0.1) is 0 Å². The standard InChI is InChI=1S/C19H36N4O4S/c1-3-26-17-13-16(19(17)8-6-9-19)23-18(20-2)21-10-12-28(24,25)22-14-15-7-4-5-11-27-15/h15-17,22H,3-14H2,1-2H3,(H2,20,21,23). The van der Waals surface area contributed by atoms with Crippen LogP contribution >= 0.6 is 0 Å². The Morgan fingerprint density at radius 3 is 2.71 bits per heavy atom. The van der Waals surface area contributed by atoms with Crippen molar-refractivity contribution in [3.05, 3.63) is 0 Å². The first-order valence-corrected chi connectivity index (χ1v) is 12.3. The molecule has 3 aliphatic rings. The molecule has 0 aromatic carbocycles. The topological polar surface area (TPSA) is 101 Å². The van der Waals surface area contributed by atoms with E-state index in [2.05, 4.69) is 20.3 Å². The Morgan fingerprint density at radius 1 is 1.29 bits per heavy atom. The Morgan fingerprint density at radius 2 is 2.11 bits per heavy atom. The molecule has 9 heteroatoms. The summed E-state index contributed by atoms with van der Waals surface area (Å²) < 4.78 is 38.6. The number of nitrogens with one attached hydrogen (secondary N) is 3. The molecule has 0 aromatic rings. The van der Waals surface area contributed by atoms with Crippen LogP contribution in [0, 0.1) is 5.41 Å². The predicted octanol–water partition coefficient (Wildman–Crippen LogP) is 0.988. The fourth-order valence-electron chi connectivity index (χ4n) is 4.56. The molecule has 1 aliphatic heterocycles. The van der Waals surface area contributed by atoms with E-state index in [0.717, 1.165) is 38.9 Å². The van der Waals surface area contributed by atoms with E-state index in [1.165, 1.54) is 19.3 Å². The summed E-state index contributed by atoms with van der Waals surface area (Å²) in [6.07, 6.45) is 8.04. The molecule has 2 saturated carbocycles. The van der Waals surface area contributed by atoms with Gasteiger partial charge in [-0.1, -0.05) is 6.42 Å². The molecule has 3 fully saturated rings. The molecular weight excluding hydrogens is 380 g/mol. The van der Waals surface area contributed by atoms with E-state index in [1.54, 1.807) is 7.05 Å². The lowest BCUT2D eigenvalue weighted by Crippen LogP contribution is -2.68. The smallest absolute Gasteiger partial charge is 0.213 e. The van der Waals surface area contributed by atoms with Crippen molar-refractivity contribution in [2.45, 2.75) is 70.1 Å². The van der Waals surface area contributed by atoms with E-state index in [1.807, 2.05) is 6.92 Å². The number of hydrogen-bond acceptors (Lipinski definition) is 5. The van der Waals surface area contributed by atoms with Crippen LogP contribution in [0.15, 0.2) is 4.99 Å². The van der Waals surface area contributed by atoms with Gasteiger partial charge in [0.05, 0.1) is 18.0 Å². The average Bonchev–Trinajstić information content (AvgIpc) is 2.63. The molecule has 1 spiro atoms. The molecule has 28 heavy (non-hydrogen) atoms. The maximum Gasteiger partial charge on any atom is 0.213 e. The summed E-state index contributed by atoms with van der Waals surface area (Å²) in [6.45, 7) is 4.20. The van der Waals surface area contributed by atoms with Crippen molar-refractivity contribution in [1.29, 1.82) is 0 Å². The molecule has 3 atom stereocenters. The number of hydrogen-bond donors (Lipinski definition) is 3. The number of guanidine groups is 1. The molecular formula is C19H36N4O4S. The van der Waals surface area contributed by atoms with E-state index in [-0.39, 0.29) is 17.3 Å². The first-order valence-electron chi connectivity index (χ1n) is 10.7. The minimum absolute atomic E-state index is 0.00137. The van der Waals surface area contributed by atoms with Gasteiger partial charge in [-0.25, -0.2) is 13.1 Å². The molecule has 2 aliphatic carbocycles. The van der Waals surface area contributed by atoms with E-state index in [9.17, 15) is 8.42 Å². The third-order valence-electron chi connectivity index (χ3n) is 6.44. The third-order valence-corrected chi connectivity index (χ3v) is 7.79. The lowest BCUT2D eigenvalue weighted by molar-refractivity contribution is -0.168. The highest BCUT2D eigenvalue weighted by Crippen LogP contribution is 2.57. The Kier molecular flexibility index (Phi) is 7.58. The van der Waals surface area contributed by atoms with Crippen molar-refractivity contribution in [3.8, 4) is 0 Å². The highest BCUT2D eigenvalue weighted by atomic mass is 32.2. The van der Waals surface area contributed by atoms with E-state index in [4.69, 9.17) is 9.47 Å². The van der Waals surface area contributed by atoms with Crippen molar-refractivity contribution in [2.24, 2.45) is 10.4 Å². The van der Waals surface area contributed by atoms with Crippen LogP contribution < -0.4 is 15.4 Å². The van der Waals surface area contributed by atoms with Gasteiger partial charge in [-0.3, -0.25) is 4.99 Å². The van der Waals surface area contributed by atoms with Crippen LogP contribution in [0.4, 0.5) is 0 Å². The largest absolute Gasteiger partial charge is 0.378 e. The lowest BCUT2D eigenvalue weighted by Gasteiger charge is -2.61. The van der Waals surface area contributed by atoms with Crippen LogP contribution in [0.5, 0.6) is 0 Å². The van der Waals surface area contributed by atoms with Gasteiger partial charge in [0, 0.05) is 44.8 Å². The Hall–Kier alpha value is -0.900. The van der Waals surface area contributed by atoms with Gasteiger partial charge in [-0.05, 0) is 45.4 Å². The number of ether oxygens (including phenoxy) is 2. The average molecular weight is 417 g/mol. The SMILES string of the molecule is CCOC1CC(NC(=NC)NCCS(=O)(=O)NCC2CCCCO2)C12CCC2. The summed E-state index contributed by atoms with van der Waals surface area (Å²) in [7, 11) is -1.62. The minimum Gasteiger partial charge on any atom is -0.378 e. The number of rotatable bonds is 9. The summed E-state index contributed by atoms with van der Waals surface area (Å²) in [5.41, 5.74) is 0.237. The minimum atomic E-state index is -3.33. The van der Waals surface area contributed by atoms with Crippen molar-refractivity contribution >= 4 is 16.0 Å². The second kappa shape index (κ2) is 9.73. The summed E-state index contributed by atoms with van der Waals surface area (Å²) >= 11 is 0. The zero-order chi connectivity index (χ0) is 20.0. The Labute approximate surface area is 169 Å². The molecule has 0 aromatic heterocycles. The number of sulfonamides is 1.